The molecule has 142 valence electrons. The van der Waals surface area contributed by atoms with E-state index in [9.17, 15) is 18.0 Å². The van der Waals surface area contributed by atoms with E-state index in [4.69, 9.17) is 0 Å². The van der Waals surface area contributed by atoms with Crippen molar-refractivity contribution in [3.63, 3.8) is 0 Å². The molecule has 3 aromatic rings. The lowest BCUT2D eigenvalue weighted by atomic mass is 10.1. The van der Waals surface area contributed by atoms with E-state index in [1.165, 1.54) is 0 Å². The zero-order valence-corrected chi connectivity index (χ0v) is 14.6. The number of hydrogen-bond donors (Lipinski definition) is 1. The number of carbonyl (C=O) groups excluding carboxylic acids is 1. The number of nitrogens with one attached hydrogen (secondary N) is 1. The number of nitrogens with zero attached hydrogens (tertiary/aromatic N) is 5. The average molecular weight is 378 g/mol. The first-order chi connectivity index (χ1) is 12.8. The third-order valence-electron chi connectivity index (χ3n) is 3.96. The van der Waals surface area contributed by atoms with Crippen molar-refractivity contribution >= 4 is 11.7 Å². The number of fused-ring (bicyclic) bond motifs is 1. The van der Waals surface area contributed by atoms with Gasteiger partial charge in [-0.25, -0.2) is 9.50 Å². The maximum atomic E-state index is 12.7. The number of benzene rings is 1. The van der Waals surface area contributed by atoms with Crippen LogP contribution < -0.4 is 5.32 Å². The van der Waals surface area contributed by atoms with Crippen LogP contribution in [0.1, 0.15) is 27.9 Å². The Bertz CT molecular complexity index is 939. The van der Waals surface area contributed by atoms with E-state index >= 15 is 0 Å². The Labute approximate surface area is 152 Å². The van der Waals surface area contributed by atoms with Gasteiger partial charge in [0.25, 0.3) is 11.7 Å². The zero-order valence-electron chi connectivity index (χ0n) is 14.6. The Kier molecular flexibility index (Phi) is 5.08. The molecular formula is C17H17F3N6O. The number of alkyl halides is 3. The average Bonchev–Trinajstić information content (AvgIpc) is 3.05. The van der Waals surface area contributed by atoms with Crippen LogP contribution in [0.5, 0.6) is 0 Å². The van der Waals surface area contributed by atoms with Gasteiger partial charge in [-0.2, -0.15) is 18.2 Å². The fourth-order valence-corrected chi connectivity index (χ4v) is 2.57. The smallest absolute Gasteiger partial charge is 0.347 e. The molecule has 10 heteroatoms. The number of aromatic nitrogens is 4. The van der Waals surface area contributed by atoms with Crippen LogP contribution in [0, 0.1) is 0 Å². The second-order valence-electron chi connectivity index (χ2n) is 6.09. The van der Waals surface area contributed by atoms with Crippen LogP contribution in [0.2, 0.25) is 0 Å². The number of rotatable bonds is 5. The lowest BCUT2D eigenvalue weighted by molar-refractivity contribution is -0.141. The first kappa shape index (κ1) is 18.8. The van der Waals surface area contributed by atoms with Crippen molar-refractivity contribution in [1.82, 2.24) is 29.8 Å². The Hall–Kier alpha value is -3.01. The molecule has 1 unspecified atom stereocenters. The Morgan fingerprint density at radius 1 is 1.19 bits per heavy atom. The van der Waals surface area contributed by atoms with Gasteiger partial charge in [-0.15, -0.1) is 5.10 Å². The molecule has 27 heavy (non-hydrogen) atoms. The minimum absolute atomic E-state index is 0.0814. The van der Waals surface area contributed by atoms with Crippen LogP contribution in [0.25, 0.3) is 5.78 Å². The molecule has 0 aliphatic heterocycles. The number of hydrogen-bond acceptors (Lipinski definition) is 5. The van der Waals surface area contributed by atoms with Gasteiger partial charge in [0.15, 0.2) is 0 Å². The summed E-state index contributed by atoms with van der Waals surface area (Å²) in [6.07, 6.45) is -3.52. The molecule has 1 atom stereocenters. The number of carbonyl (C=O) groups is 1. The molecule has 0 aliphatic rings. The van der Waals surface area contributed by atoms with E-state index in [0.29, 0.717) is 0 Å². The van der Waals surface area contributed by atoms with Crippen molar-refractivity contribution in [3.8, 4) is 0 Å². The Morgan fingerprint density at radius 2 is 1.89 bits per heavy atom. The SMILES string of the molecule is CN(C)C(CNC(=O)c1nc2nc(C(F)(F)F)ccn2n1)c1ccccc1. The summed E-state index contributed by atoms with van der Waals surface area (Å²) in [5, 5.41) is 6.60. The molecule has 0 spiro atoms. The molecule has 1 N–H and O–H groups in total. The lowest BCUT2D eigenvalue weighted by Gasteiger charge is -2.24. The highest BCUT2D eigenvalue weighted by Gasteiger charge is 2.33. The fourth-order valence-electron chi connectivity index (χ4n) is 2.57. The second-order valence-corrected chi connectivity index (χ2v) is 6.09. The Morgan fingerprint density at radius 3 is 2.52 bits per heavy atom. The van der Waals surface area contributed by atoms with E-state index in [0.717, 1.165) is 22.3 Å². The summed E-state index contributed by atoms with van der Waals surface area (Å²) in [4.78, 5) is 21.5. The van der Waals surface area contributed by atoms with E-state index in [-0.39, 0.29) is 24.2 Å². The van der Waals surface area contributed by atoms with Crippen LogP contribution in [-0.4, -0.2) is 51.0 Å². The minimum Gasteiger partial charge on any atom is -0.347 e. The number of amides is 1. The predicted molar refractivity (Wildman–Crippen MR) is 91.0 cm³/mol. The Balaban J connectivity index is 1.75. The highest BCUT2D eigenvalue weighted by atomic mass is 19.4. The van der Waals surface area contributed by atoms with Crippen molar-refractivity contribution in [2.75, 3.05) is 20.6 Å². The van der Waals surface area contributed by atoms with Gasteiger partial charge in [0.1, 0.15) is 5.69 Å². The van der Waals surface area contributed by atoms with Crippen molar-refractivity contribution < 1.29 is 18.0 Å². The van der Waals surface area contributed by atoms with Gasteiger partial charge >= 0.3 is 6.18 Å². The molecule has 0 aliphatic carbocycles. The quantitative estimate of drug-likeness (QED) is 0.737. The maximum Gasteiger partial charge on any atom is 0.433 e. The summed E-state index contributed by atoms with van der Waals surface area (Å²) in [6, 6.07) is 10.3. The van der Waals surface area contributed by atoms with Gasteiger partial charge in [-0.05, 0) is 25.7 Å². The van der Waals surface area contributed by atoms with E-state index in [1.54, 1.807) is 0 Å². The molecule has 0 fully saturated rings. The van der Waals surface area contributed by atoms with Crippen LogP contribution in [0.15, 0.2) is 42.6 Å². The molecule has 7 nitrogen and oxygen atoms in total. The third-order valence-corrected chi connectivity index (χ3v) is 3.96. The van der Waals surface area contributed by atoms with Gasteiger partial charge in [0.2, 0.25) is 5.82 Å². The largest absolute Gasteiger partial charge is 0.433 e. The standard InChI is InChI=1S/C17H17F3N6O/c1-25(2)12(11-6-4-3-5-7-11)10-21-15(27)14-23-16-22-13(17(18,19)20)8-9-26(16)24-14/h3-9,12H,10H2,1-2H3,(H,21,27). The molecule has 2 aromatic heterocycles. The molecule has 1 aromatic carbocycles. The molecule has 1 amide bonds. The molecule has 0 saturated carbocycles. The summed E-state index contributed by atoms with van der Waals surface area (Å²) in [6.45, 7) is 0.284. The van der Waals surface area contributed by atoms with Crippen molar-refractivity contribution in [2.24, 2.45) is 0 Å². The van der Waals surface area contributed by atoms with Gasteiger partial charge < -0.3 is 10.2 Å². The maximum absolute atomic E-state index is 12.7. The highest BCUT2D eigenvalue weighted by molar-refractivity contribution is 5.90. The summed E-state index contributed by atoms with van der Waals surface area (Å²) in [7, 11) is 3.77. The van der Waals surface area contributed by atoms with Gasteiger partial charge in [0, 0.05) is 12.7 Å². The highest BCUT2D eigenvalue weighted by Crippen LogP contribution is 2.27. The van der Waals surface area contributed by atoms with Gasteiger partial charge in [-0.3, -0.25) is 4.79 Å². The van der Waals surface area contributed by atoms with Gasteiger partial charge in [0.05, 0.1) is 6.04 Å². The lowest BCUT2D eigenvalue weighted by Crippen LogP contribution is -2.35. The van der Waals surface area contributed by atoms with Crippen LogP contribution in [0.3, 0.4) is 0 Å². The predicted octanol–water partition coefficient (Wildman–Crippen LogP) is 2.18. The third kappa shape index (κ3) is 4.22. The van der Waals surface area contributed by atoms with Crippen LogP contribution in [-0.2, 0) is 6.18 Å². The second kappa shape index (κ2) is 7.31. The monoisotopic (exact) mass is 378 g/mol. The van der Waals surface area contributed by atoms with Crippen molar-refractivity contribution in [1.29, 1.82) is 0 Å². The minimum atomic E-state index is -4.59. The fraction of sp³-hybridized carbons (Fsp3) is 0.294. The summed E-state index contributed by atoms with van der Waals surface area (Å²) in [5.74, 6) is -1.12. The van der Waals surface area contributed by atoms with E-state index in [2.05, 4.69) is 20.4 Å². The molecular weight excluding hydrogens is 361 g/mol. The molecule has 0 radical (unpaired) electrons. The summed E-state index contributed by atoms with van der Waals surface area (Å²) in [5.41, 5.74) is -0.0756. The number of likely N-dealkylation sites (N-methyl/N-ethyl adjacent to an activating group) is 1. The van der Waals surface area contributed by atoms with Crippen LogP contribution in [0.4, 0.5) is 13.2 Å². The van der Waals surface area contributed by atoms with Crippen molar-refractivity contribution in [2.45, 2.75) is 12.2 Å². The summed E-state index contributed by atoms with van der Waals surface area (Å²) >= 11 is 0. The van der Waals surface area contributed by atoms with E-state index in [1.807, 2.05) is 49.3 Å². The topological polar surface area (TPSA) is 75.4 Å². The van der Waals surface area contributed by atoms with Gasteiger partial charge in [-0.1, -0.05) is 30.3 Å². The molecule has 3 rings (SSSR count). The first-order valence-corrected chi connectivity index (χ1v) is 8.06. The first-order valence-electron chi connectivity index (χ1n) is 8.06. The summed E-state index contributed by atoms with van der Waals surface area (Å²) < 4.78 is 39.2. The molecule has 2 heterocycles. The van der Waals surface area contributed by atoms with Crippen molar-refractivity contribution in [3.05, 3.63) is 59.7 Å². The normalized spacial score (nSPS) is 13.1. The molecule has 0 saturated heterocycles. The molecule has 0 bridgehead atoms. The zero-order chi connectivity index (χ0) is 19.6. The van der Waals surface area contributed by atoms with Crippen LogP contribution >= 0.6 is 0 Å². The number of halogens is 3. The van der Waals surface area contributed by atoms with E-state index < -0.39 is 17.8 Å².